The zero-order valence-electron chi connectivity index (χ0n) is 20.5. The summed E-state index contributed by atoms with van der Waals surface area (Å²) in [4.78, 5) is 25.5. The van der Waals surface area contributed by atoms with Crippen LogP contribution in [0.2, 0.25) is 0 Å². The molecule has 1 aliphatic rings. The van der Waals surface area contributed by atoms with Crippen LogP contribution in [0.25, 0.3) is 0 Å². The summed E-state index contributed by atoms with van der Waals surface area (Å²) in [7, 11) is 0. The van der Waals surface area contributed by atoms with Gasteiger partial charge in [-0.25, -0.2) is 0 Å². The second-order valence-corrected chi connectivity index (χ2v) is 11.3. The quantitative estimate of drug-likeness (QED) is 0.357. The molecule has 0 unspecified atom stereocenters. The molecule has 1 rings (SSSR count). The van der Waals surface area contributed by atoms with Crippen molar-refractivity contribution in [2.45, 2.75) is 116 Å². The van der Waals surface area contributed by atoms with Crippen LogP contribution in [0, 0.1) is 17.8 Å². The lowest BCUT2D eigenvalue weighted by Gasteiger charge is -2.33. The smallest absolute Gasteiger partial charge is 0.307 e. The molecular formula is C25H44ClNO5. The molecule has 0 heterocycles. The van der Waals surface area contributed by atoms with Gasteiger partial charge in [0.25, 0.3) is 0 Å². The molecule has 1 fully saturated rings. The van der Waals surface area contributed by atoms with E-state index >= 15 is 0 Å². The lowest BCUT2D eigenvalue weighted by molar-refractivity contribution is -0.157. The third kappa shape index (κ3) is 11.7. The molecule has 3 N–H and O–H groups in total. The van der Waals surface area contributed by atoms with Gasteiger partial charge in [-0.3, -0.25) is 9.59 Å². The monoisotopic (exact) mass is 473 g/mol. The Morgan fingerprint density at radius 1 is 1.12 bits per heavy atom. The van der Waals surface area contributed by atoms with Crippen molar-refractivity contribution in [3.8, 4) is 0 Å². The number of nitrogens with one attached hydrogen (secondary N) is 1. The highest BCUT2D eigenvalue weighted by atomic mass is 35.5. The zero-order chi connectivity index (χ0) is 24.5. The first-order valence-corrected chi connectivity index (χ1v) is 12.4. The Hall–Kier alpha value is -1.11. The van der Waals surface area contributed by atoms with Crippen LogP contribution in [0.1, 0.15) is 92.4 Å². The van der Waals surface area contributed by atoms with Crippen LogP contribution in [-0.4, -0.2) is 45.9 Å². The second-order valence-electron chi connectivity index (χ2n) is 10.8. The molecule has 186 valence electrons. The van der Waals surface area contributed by atoms with Gasteiger partial charge in [-0.15, -0.1) is 0 Å². The fourth-order valence-corrected chi connectivity index (χ4v) is 4.55. The lowest BCUT2D eigenvalue weighted by atomic mass is 9.82. The number of allylic oxidation sites excluding steroid dienone is 1. The third-order valence-electron chi connectivity index (χ3n) is 5.83. The summed E-state index contributed by atoms with van der Waals surface area (Å²) >= 11 is 5.98. The van der Waals surface area contributed by atoms with Crippen LogP contribution in [0.3, 0.4) is 0 Å². The third-order valence-corrected chi connectivity index (χ3v) is 5.99. The minimum Gasteiger partial charge on any atom is -0.460 e. The van der Waals surface area contributed by atoms with Crippen LogP contribution < -0.4 is 5.32 Å². The maximum Gasteiger partial charge on any atom is 0.307 e. The Bertz CT molecular complexity index is 610. The number of carbonyl (C=O) groups excluding carboxylic acids is 2. The van der Waals surface area contributed by atoms with Gasteiger partial charge < -0.3 is 20.3 Å². The number of halogens is 1. The predicted molar refractivity (Wildman–Crippen MR) is 128 cm³/mol. The van der Waals surface area contributed by atoms with Crippen molar-refractivity contribution in [2.24, 2.45) is 17.8 Å². The summed E-state index contributed by atoms with van der Waals surface area (Å²) in [5, 5.41) is 24.7. The van der Waals surface area contributed by atoms with Crippen LogP contribution in [-0.2, 0) is 14.3 Å². The molecule has 0 aromatic rings. The SMILES string of the molecule is C=C(Cl)C[C@H](CC(=O)OC(C)(C)C)C(=O)N[C@@H](CC1CCCCC1)[C@@H](O)[C@@H](O)CC(C)C. The minimum atomic E-state index is -1.08. The van der Waals surface area contributed by atoms with Gasteiger partial charge in [-0.05, 0) is 51.9 Å². The van der Waals surface area contributed by atoms with Crippen LogP contribution in [0.4, 0.5) is 0 Å². The predicted octanol–water partition coefficient (Wildman–Crippen LogP) is 4.70. The molecule has 0 bridgehead atoms. The van der Waals surface area contributed by atoms with Crippen molar-refractivity contribution in [1.82, 2.24) is 5.32 Å². The van der Waals surface area contributed by atoms with E-state index < -0.39 is 35.7 Å². The van der Waals surface area contributed by atoms with Gasteiger partial charge in [-0.2, -0.15) is 0 Å². The van der Waals surface area contributed by atoms with Crippen LogP contribution >= 0.6 is 11.6 Å². The number of carbonyl (C=O) groups is 2. The molecule has 6 nitrogen and oxygen atoms in total. The summed E-state index contributed by atoms with van der Waals surface area (Å²) in [5.74, 6) is -1.01. The van der Waals surface area contributed by atoms with Gasteiger partial charge in [0, 0.05) is 5.03 Å². The van der Waals surface area contributed by atoms with Gasteiger partial charge in [0.15, 0.2) is 0 Å². The molecule has 32 heavy (non-hydrogen) atoms. The topological polar surface area (TPSA) is 95.9 Å². The number of hydrogen-bond acceptors (Lipinski definition) is 5. The maximum absolute atomic E-state index is 13.2. The van der Waals surface area contributed by atoms with E-state index in [0.29, 0.717) is 18.8 Å². The molecule has 4 atom stereocenters. The first kappa shape index (κ1) is 28.9. The molecule has 0 aliphatic heterocycles. The van der Waals surface area contributed by atoms with Gasteiger partial charge in [0.1, 0.15) is 11.7 Å². The van der Waals surface area contributed by atoms with E-state index in [1.807, 2.05) is 13.8 Å². The van der Waals surface area contributed by atoms with Gasteiger partial charge in [-0.1, -0.05) is 64.1 Å². The molecule has 0 radical (unpaired) electrons. The van der Waals surface area contributed by atoms with E-state index in [-0.39, 0.29) is 29.7 Å². The van der Waals surface area contributed by atoms with Crippen molar-refractivity contribution in [2.75, 3.05) is 0 Å². The van der Waals surface area contributed by atoms with Crippen molar-refractivity contribution >= 4 is 23.5 Å². The number of ether oxygens (including phenoxy) is 1. The Morgan fingerprint density at radius 3 is 2.22 bits per heavy atom. The number of aliphatic hydroxyl groups excluding tert-OH is 2. The highest BCUT2D eigenvalue weighted by molar-refractivity contribution is 6.29. The van der Waals surface area contributed by atoms with Crippen molar-refractivity contribution in [1.29, 1.82) is 0 Å². The normalized spacial score (nSPS) is 19.2. The summed E-state index contributed by atoms with van der Waals surface area (Å²) in [6.45, 7) is 12.9. The number of rotatable bonds is 12. The second kappa shape index (κ2) is 13.6. The largest absolute Gasteiger partial charge is 0.460 e. The fraction of sp³-hybridized carbons (Fsp3) is 0.840. The highest BCUT2D eigenvalue weighted by Gasteiger charge is 2.34. The van der Waals surface area contributed by atoms with E-state index in [1.54, 1.807) is 20.8 Å². The Balaban J connectivity index is 2.95. The molecular weight excluding hydrogens is 430 g/mol. The average molecular weight is 474 g/mol. The maximum atomic E-state index is 13.2. The van der Waals surface area contributed by atoms with Crippen molar-refractivity contribution in [3.63, 3.8) is 0 Å². The number of amides is 1. The number of hydrogen-bond donors (Lipinski definition) is 3. The summed E-state index contributed by atoms with van der Waals surface area (Å²) in [6, 6.07) is -0.593. The van der Waals surface area contributed by atoms with Gasteiger partial charge >= 0.3 is 5.97 Å². The number of aliphatic hydroxyl groups is 2. The van der Waals surface area contributed by atoms with E-state index in [1.165, 1.54) is 6.42 Å². The van der Waals surface area contributed by atoms with Crippen LogP contribution in [0.15, 0.2) is 11.6 Å². The summed E-state index contributed by atoms with van der Waals surface area (Å²) in [5.41, 5.74) is -0.656. The van der Waals surface area contributed by atoms with Crippen molar-refractivity contribution in [3.05, 3.63) is 11.6 Å². The molecule has 7 heteroatoms. The standard InChI is InChI=1S/C25H44ClNO5/c1-16(2)12-21(28)23(30)20(14-18-10-8-7-9-11-18)27-24(31)19(13-17(3)26)15-22(29)32-25(4,5)6/h16,18-21,23,28,30H,3,7-15H2,1-2,4-6H3,(H,27,31)/t19-,20+,21+,23-/m1/s1. The van der Waals surface area contributed by atoms with E-state index in [4.69, 9.17) is 16.3 Å². The first-order chi connectivity index (χ1) is 14.8. The number of esters is 1. The van der Waals surface area contributed by atoms with Gasteiger partial charge in [0.2, 0.25) is 5.91 Å². The Labute approximate surface area is 199 Å². The molecule has 0 saturated heterocycles. The molecule has 1 aliphatic carbocycles. The van der Waals surface area contributed by atoms with E-state index in [0.717, 1.165) is 25.7 Å². The summed E-state index contributed by atoms with van der Waals surface area (Å²) < 4.78 is 5.37. The Morgan fingerprint density at radius 2 is 1.72 bits per heavy atom. The molecule has 0 spiro atoms. The summed E-state index contributed by atoms with van der Waals surface area (Å²) in [6.07, 6.45) is 4.64. The lowest BCUT2D eigenvalue weighted by Crippen LogP contribution is -2.51. The molecule has 1 saturated carbocycles. The van der Waals surface area contributed by atoms with E-state index in [2.05, 4.69) is 11.9 Å². The molecule has 1 amide bonds. The highest BCUT2D eigenvalue weighted by Crippen LogP contribution is 2.29. The van der Waals surface area contributed by atoms with Gasteiger partial charge in [0.05, 0.1) is 24.5 Å². The van der Waals surface area contributed by atoms with Crippen LogP contribution in [0.5, 0.6) is 0 Å². The molecule has 0 aromatic heterocycles. The average Bonchev–Trinajstić information content (AvgIpc) is 2.64. The fourth-order valence-electron chi connectivity index (χ4n) is 4.37. The minimum absolute atomic E-state index is 0.129. The van der Waals surface area contributed by atoms with Crippen molar-refractivity contribution < 1.29 is 24.5 Å². The first-order valence-electron chi connectivity index (χ1n) is 12.0. The van der Waals surface area contributed by atoms with E-state index in [9.17, 15) is 19.8 Å². The Kier molecular flexibility index (Phi) is 12.3. The molecule has 0 aromatic carbocycles. The zero-order valence-corrected chi connectivity index (χ0v) is 21.3.